The normalized spacial score (nSPS) is 24.7. The van der Waals surface area contributed by atoms with Crippen LogP contribution in [0.1, 0.15) is 166 Å². The van der Waals surface area contributed by atoms with Crippen molar-refractivity contribution in [3.05, 3.63) is 62.5 Å². The highest BCUT2D eigenvalue weighted by atomic mass is 32.1. The largest absolute Gasteiger partial charge is 0.484 e. The first-order valence-electron chi connectivity index (χ1n) is 24.0. The Morgan fingerprint density at radius 3 is 1.56 bits per heavy atom. The number of carbonyl (C=O) groups excluding carboxylic acids is 4. The number of benzene rings is 1. The summed E-state index contributed by atoms with van der Waals surface area (Å²) in [6, 6.07) is 10.3. The Morgan fingerprint density at radius 2 is 1.06 bits per heavy atom. The molecule has 4 aliphatic heterocycles. The van der Waals surface area contributed by atoms with E-state index in [9.17, 15) is 19.2 Å². The van der Waals surface area contributed by atoms with Crippen LogP contribution in [0.3, 0.4) is 0 Å². The summed E-state index contributed by atoms with van der Waals surface area (Å²) in [5.41, 5.74) is 0.774. The molecular weight excluding hydrogens is 833 g/mol. The summed E-state index contributed by atoms with van der Waals surface area (Å²) in [5, 5.41) is 5.99. The number of nitrogens with zero attached hydrogens (tertiary/aromatic N) is 6. The predicted molar refractivity (Wildman–Crippen MR) is 247 cm³/mol. The number of amides is 4. The number of rotatable bonds is 7. The number of hydrogen-bond donors (Lipinski definition) is 0. The van der Waals surface area contributed by atoms with Gasteiger partial charge < -0.3 is 29.1 Å². The highest BCUT2D eigenvalue weighted by molar-refractivity contribution is 7.10. The Morgan fingerprint density at radius 1 is 0.603 bits per heavy atom. The summed E-state index contributed by atoms with van der Waals surface area (Å²) in [5.74, 6) is 3.00. The maximum atomic E-state index is 13.3. The molecule has 0 spiro atoms. The van der Waals surface area contributed by atoms with Crippen LogP contribution < -0.4 is 4.74 Å². The lowest BCUT2D eigenvalue weighted by Gasteiger charge is -2.43. The number of likely N-dealkylation sites (tertiary alicyclic amines) is 4. The van der Waals surface area contributed by atoms with Crippen molar-refractivity contribution < 1.29 is 28.7 Å². The van der Waals surface area contributed by atoms with Gasteiger partial charge >= 0.3 is 6.09 Å². The molecule has 1 aromatic carbocycles. The molecule has 6 heterocycles. The topological polar surface area (TPSA) is 125 Å². The Kier molecular flexibility index (Phi) is 15.1. The van der Waals surface area contributed by atoms with Crippen LogP contribution in [0.2, 0.25) is 0 Å². The number of aromatic nitrogens is 2. The third-order valence-electron chi connectivity index (χ3n) is 14.3. The van der Waals surface area contributed by atoms with Crippen LogP contribution in [-0.4, -0.2) is 117 Å². The molecule has 2 saturated carbocycles. The van der Waals surface area contributed by atoms with Crippen LogP contribution >= 0.6 is 22.7 Å². The van der Waals surface area contributed by atoms with E-state index in [1.54, 1.807) is 27.6 Å². The number of fused-ring (bicyclic) bond motifs is 2. The van der Waals surface area contributed by atoms with Gasteiger partial charge in [0, 0.05) is 73.9 Å². The van der Waals surface area contributed by atoms with Gasteiger partial charge in [-0.25, -0.2) is 14.8 Å². The molecule has 14 heteroatoms. The molecule has 4 unspecified atom stereocenters. The van der Waals surface area contributed by atoms with Crippen LogP contribution in [0.5, 0.6) is 5.75 Å². The first-order valence-corrected chi connectivity index (χ1v) is 25.7. The van der Waals surface area contributed by atoms with Gasteiger partial charge in [0.1, 0.15) is 22.7 Å². The van der Waals surface area contributed by atoms with Gasteiger partial charge in [0.2, 0.25) is 0 Å². The Labute approximate surface area is 382 Å². The third kappa shape index (κ3) is 11.4. The molecule has 6 fully saturated rings. The second-order valence-corrected chi connectivity index (χ2v) is 21.4. The van der Waals surface area contributed by atoms with Gasteiger partial charge in [-0.15, -0.1) is 22.7 Å². The van der Waals surface area contributed by atoms with Gasteiger partial charge in [-0.1, -0.05) is 43.9 Å². The molecule has 4 saturated heterocycles. The maximum Gasteiger partial charge on any atom is 0.410 e. The third-order valence-corrected chi connectivity index (χ3v) is 16.3. The fourth-order valence-electron chi connectivity index (χ4n) is 11.0. The number of thiazole rings is 2. The predicted octanol–water partition coefficient (Wildman–Crippen LogP) is 9.78. The van der Waals surface area contributed by atoms with E-state index in [1.807, 2.05) is 66.8 Å². The maximum absolute atomic E-state index is 13.3. The fourth-order valence-corrected chi connectivity index (χ4v) is 12.9. The average molecular weight is 901 g/mol. The zero-order valence-electron chi connectivity index (χ0n) is 37.7. The summed E-state index contributed by atoms with van der Waals surface area (Å²) >= 11 is 3.21. The minimum Gasteiger partial charge on any atom is -0.484 e. The second kappa shape index (κ2) is 20.9. The number of carbonyl (C=O) groups is 4. The van der Waals surface area contributed by atoms with E-state index in [1.165, 1.54) is 51.4 Å². The van der Waals surface area contributed by atoms with E-state index in [2.05, 4.69) is 9.80 Å². The average Bonchev–Trinajstić information content (AvgIpc) is 4.02. The van der Waals surface area contributed by atoms with Gasteiger partial charge in [-0.3, -0.25) is 14.4 Å². The minimum atomic E-state index is -0.468. The van der Waals surface area contributed by atoms with Crippen LogP contribution in [0, 0.1) is 11.8 Å². The lowest BCUT2D eigenvalue weighted by atomic mass is 9.78. The monoisotopic (exact) mass is 900 g/mol. The standard InChI is InChI=1S/C26H33N3O3S.C23H35N3O3S/c30-24(17-32-21-9-2-1-3-10-21)28-15-12-20(13-16-28)25-27-22(18-33-25)26(31)29-14-6-8-19-7-4-5-11-23(19)29;1-23(2,3)29-22(28)25-13-10-17(11-14-25)20-24-18(15-30-20)21(27)26-12-6-8-16-7-4-5-9-19(16)26/h1-3,9-10,18-20,23H,4-8,11-17H2;15-17,19H,4-14H2,1-3H3. The van der Waals surface area contributed by atoms with E-state index in [4.69, 9.17) is 19.4 Å². The number of piperidine rings is 4. The van der Waals surface area contributed by atoms with E-state index in [0.29, 0.717) is 79.1 Å². The zero-order chi connectivity index (χ0) is 43.9. The molecule has 63 heavy (non-hydrogen) atoms. The SMILES string of the molecule is CC(C)(C)OC(=O)N1CCC(c2nc(C(=O)N3CCCC4CCCCC43)cs2)CC1.O=C(COc1ccccc1)N1CCC(c2nc(C(=O)N3CCCC4CCCCC43)cs2)CC1. The van der Waals surface area contributed by atoms with Crippen molar-refractivity contribution >= 4 is 46.5 Å². The first kappa shape index (κ1) is 45.5. The fraction of sp³-hybridized carbons (Fsp3) is 0.673. The number of hydrogen-bond acceptors (Lipinski definition) is 10. The molecule has 0 bridgehead atoms. The van der Waals surface area contributed by atoms with Crippen LogP contribution in [0.4, 0.5) is 4.79 Å². The van der Waals surface area contributed by atoms with E-state index in [-0.39, 0.29) is 30.4 Å². The molecule has 9 rings (SSSR count). The van der Waals surface area contributed by atoms with Crippen molar-refractivity contribution in [3.8, 4) is 5.75 Å². The Balaban J connectivity index is 0.000000174. The zero-order valence-corrected chi connectivity index (χ0v) is 39.4. The van der Waals surface area contributed by atoms with Gasteiger partial charge in [0.25, 0.3) is 17.7 Å². The lowest BCUT2D eigenvalue weighted by molar-refractivity contribution is -0.134. The lowest BCUT2D eigenvalue weighted by Crippen LogP contribution is -2.49. The van der Waals surface area contributed by atoms with Gasteiger partial charge in [0.05, 0.1) is 10.0 Å². The molecule has 0 radical (unpaired) electrons. The molecular formula is C49H68N6O6S2. The Hall–Kier alpha value is -4.04. The van der Waals surface area contributed by atoms with Gasteiger partial charge in [0.15, 0.2) is 6.61 Å². The smallest absolute Gasteiger partial charge is 0.410 e. The molecule has 4 amide bonds. The molecule has 2 aromatic heterocycles. The molecule has 12 nitrogen and oxygen atoms in total. The second-order valence-electron chi connectivity index (χ2n) is 19.6. The van der Waals surface area contributed by atoms with Crippen molar-refractivity contribution in [1.82, 2.24) is 29.6 Å². The molecule has 2 aliphatic carbocycles. The molecule has 0 N–H and O–H groups in total. The summed E-state index contributed by atoms with van der Waals surface area (Å²) in [6.07, 6.45) is 18.0. The highest BCUT2D eigenvalue weighted by Crippen LogP contribution is 2.39. The van der Waals surface area contributed by atoms with Crippen molar-refractivity contribution in [2.75, 3.05) is 45.9 Å². The molecule has 342 valence electrons. The van der Waals surface area contributed by atoms with E-state index < -0.39 is 5.60 Å². The number of para-hydroxylation sites is 1. The summed E-state index contributed by atoms with van der Waals surface area (Å²) in [6.45, 7) is 10.3. The van der Waals surface area contributed by atoms with Crippen LogP contribution in [0.25, 0.3) is 0 Å². The number of ether oxygens (including phenoxy) is 2. The highest BCUT2D eigenvalue weighted by Gasteiger charge is 2.39. The summed E-state index contributed by atoms with van der Waals surface area (Å²) in [4.78, 5) is 68.8. The summed E-state index contributed by atoms with van der Waals surface area (Å²) < 4.78 is 11.1. The van der Waals surface area contributed by atoms with Crippen LogP contribution in [0.15, 0.2) is 41.1 Å². The first-order chi connectivity index (χ1) is 30.5. The van der Waals surface area contributed by atoms with E-state index >= 15 is 0 Å². The molecule has 4 atom stereocenters. The van der Waals surface area contributed by atoms with Gasteiger partial charge in [-0.2, -0.15) is 0 Å². The quantitative estimate of drug-likeness (QED) is 0.230. The van der Waals surface area contributed by atoms with Crippen LogP contribution in [-0.2, 0) is 9.53 Å². The van der Waals surface area contributed by atoms with E-state index in [0.717, 1.165) is 74.5 Å². The van der Waals surface area contributed by atoms with Crippen molar-refractivity contribution in [1.29, 1.82) is 0 Å². The van der Waals surface area contributed by atoms with Crippen molar-refractivity contribution in [2.24, 2.45) is 11.8 Å². The molecule has 6 aliphatic rings. The minimum absolute atomic E-state index is 0.0273. The van der Waals surface area contributed by atoms with Crippen molar-refractivity contribution in [2.45, 2.75) is 153 Å². The summed E-state index contributed by atoms with van der Waals surface area (Å²) in [7, 11) is 0. The Bertz CT molecular complexity index is 2000. The van der Waals surface area contributed by atoms with Crippen molar-refractivity contribution in [3.63, 3.8) is 0 Å². The molecule has 3 aromatic rings. The van der Waals surface area contributed by atoms with Gasteiger partial charge in [-0.05, 0) is 122 Å².